The number of hydrogen-bond donors (Lipinski definition) is 0. The molecule has 6 nitrogen and oxygen atoms in total. The highest BCUT2D eigenvalue weighted by Crippen LogP contribution is 2.39. The quantitative estimate of drug-likeness (QED) is 0.658. The van der Waals surface area contributed by atoms with Crippen LogP contribution in [0.25, 0.3) is 11.3 Å². The van der Waals surface area contributed by atoms with Crippen molar-refractivity contribution in [3.05, 3.63) is 58.7 Å². The zero-order valence-electron chi connectivity index (χ0n) is 15.9. The summed E-state index contributed by atoms with van der Waals surface area (Å²) in [6.07, 6.45) is 0. The predicted molar refractivity (Wildman–Crippen MR) is 108 cm³/mol. The fourth-order valence-corrected chi connectivity index (χ4v) is 3.74. The van der Waals surface area contributed by atoms with Crippen LogP contribution in [0.2, 0.25) is 5.02 Å². The number of aromatic nitrogens is 2. The number of anilines is 1. The van der Waals surface area contributed by atoms with Crippen LogP contribution in [0.1, 0.15) is 23.0 Å². The van der Waals surface area contributed by atoms with Crippen molar-refractivity contribution in [3.8, 4) is 22.8 Å². The number of benzene rings is 2. The molecule has 0 unspecified atom stereocenters. The highest BCUT2D eigenvalue weighted by atomic mass is 35.5. The van der Waals surface area contributed by atoms with E-state index in [1.807, 2.05) is 38.2 Å². The molecular weight excluding hydrogens is 378 g/mol. The molecule has 0 N–H and O–H groups in total. The van der Waals surface area contributed by atoms with Crippen molar-refractivity contribution in [1.29, 1.82) is 0 Å². The molecule has 0 saturated carbocycles. The summed E-state index contributed by atoms with van der Waals surface area (Å²) in [5.41, 5.74) is 3.60. The van der Waals surface area contributed by atoms with Crippen LogP contribution in [0.3, 0.4) is 0 Å². The lowest BCUT2D eigenvalue weighted by Crippen LogP contribution is -2.32. The number of halogens is 1. The normalized spacial score (nSPS) is 12.0. The molecule has 4 rings (SSSR count). The second-order valence-corrected chi connectivity index (χ2v) is 6.89. The number of para-hydroxylation sites is 1. The number of nitrogens with zero attached hydrogens (tertiary/aromatic N) is 3. The van der Waals surface area contributed by atoms with Crippen molar-refractivity contribution < 1.29 is 14.3 Å². The van der Waals surface area contributed by atoms with Crippen molar-refractivity contribution in [2.24, 2.45) is 7.05 Å². The molecule has 2 aromatic carbocycles. The van der Waals surface area contributed by atoms with Crippen molar-refractivity contribution in [2.45, 2.75) is 13.5 Å². The van der Waals surface area contributed by atoms with Gasteiger partial charge in [-0.25, -0.2) is 0 Å². The minimum Gasteiger partial charge on any atom is -0.495 e. The van der Waals surface area contributed by atoms with Gasteiger partial charge in [0, 0.05) is 29.7 Å². The third kappa shape index (κ3) is 2.90. The summed E-state index contributed by atoms with van der Waals surface area (Å²) < 4.78 is 13.0. The van der Waals surface area contributed by atoms with Gasteiger partial charge < -0.3 is 14.4 Å². The Morgan fingerprint density at radius 2 is 2.11 bits per heavy atom. The van der Waals surface area contributed by atoms with Crippen LogP contribution in [-0.4, -0.2) is 29.3 Å². The molecule has 3 aromatic rings. The molecule has 0 spiro atoms. The van der Waals surface area contributed by atoms with Crippen molar-refractivity contribution >= 4 is 23.2 Å². The maximum Gasteiger partial charge on any atom is 0.279 e. The molecule has 0 fully saturated rings. The maximum atomic E-state index is 13.4. The molecule has 7 heteroatoms. The van der Waals surface area contributed by atoms with Crippen LogP contribution >= 0.6 is 11.6 Å². The molecule has 1 aliphatic rings. The Kier molecular flexibility index (Phi) is 4.73. The summed E-state index contributed by atoms with van der Waals surface area (Å²) in [5.74, 6) is 1.15. The minimum atomic E-state index is -0.220. The first-order valence-electron chi connectivity index (χ1n) is 8.98. The number of amides is 1. The number of fused-ring (bicyclic) bond motifs is 3. The number of carbonyl (C=O) groups excluding carboxylic acids is 1. The number of ether oxygens (including phenoxy) is 2. The second-order valence-electron chi connectivity index (χ2n) is 6.45. The van der Waals surface area contributed by atoms with Crippen LogP contribution in [0.4, 0.5) is 5.69 Å². The van der Waals surface area contributed by atoms with E-state index >= 15 is 0 Å². The minimum absolute atomic E-state index is 0.220. The highest BCUT2D eigenvalue weighted by molar-refractivity contribution is 6.31. The first-order valence-corrected chi connectivity index (χ1v) is 9.36. The molecule has 0 radical (unpaired) electrons. The van der Waals surface area contributed by atoms with E-state index in [1.165, 1.54) is 0 Å². The Morgan fingerprint density at radius 3 is 2.86 bits per heavy atom. The third-order valence-electron chi connectivity index (χ3n) is 4.86. The zero-order chi connectivity index (χ0) is 19.8. The van der Waals surface area contributed by atoms with Crippen LogP contribution < -0.4 is 14.4 Å². The number of hydrogen-bond acceptors (Lipinski definition) is 4. The van der Waals surface area contributed by atoms with E-state index in [0.717, 1.165) is 22.6 Å². The Labute approximate surface area is 168 Å². The molecule has 1 aromatic heterocycles. The molecule has 0 bridgehead atoms. The monoisotopic (exact) mass is 397 g/mol. The SMILES string of the molecule is CCN(C(=O)c1nn(C)c2c1COc1ccccc1-2)c1cc(Cl)ccc1OC. The van der Waals surface area contributed by atoms with Crippen LogP contribution in [0.5, 0.6) is 11.5 Å². The molecule has 1 aliphatic heterocycles. The summed E-state index contributed by atoms with van der Waals surface area (Å²) in [7, 11) is 3.41. The van der Waals surface area contributed by atoms with Gasteiger partial charge in [-0.1, -0.05) is 23.7 Å². The van der Waals surface area contributed by atoms with Gasteiger partial charge in [-0.15, -0.1) is 0 Å². The lowest BCUT2D eigenvalue weighted by molar-refractivity contribution is 0.0979. The number of rotatable bonds is 4. The van der Waals surface area contributed by atoms with E-state index in [2.05, 4.69) is 5.10 Å². The van der Waals surface area contributed by atoms with Gasteiger partial charge in [0.25, 0.3) is 5.91 Å². The average Bonchev–Trinajstić information content (AvgIpc) is 3.06. The van der Waals surface area contributed by atoms with Crippen molar-refractivity contribution in [3.63, 3.8) is 0 Å². The summed E-state index contributed by atoms with van der Waals surface area (Å²) in [5, 5.41) is 5.06. The van der Waals surface area contributed by atoms with Crippen LogP contribution in [0, 0.1) is 0 Å². The van der Waals surface area contributed by atoms with E-state index in [-0.39, 0.29) is 5.91 Å². The predicted octanol–water partition coefficient (Wildman–Crippen LogP) is 4.31. The van der Waals surface area contributed by atoms with Gasteiger partial charge in [0.2, 0.25) is 0 Å². The largest absolute Gasteiger partial charge is 0.495 e. The first kappa shape index (κ1) is 18.4. The molecule has 0 atom stereocenters. The van der Waals surface area contributed by atoms with Gasteiger partial charge in [-0.3, -0.25) is 9.48 Å². The standard InChI is InChI=1S/C21H20ClN3O3/c1-4-25(16-11-13(22)9-10-18(16)27-3)21(26)19-15-12-28-17-8-6-5-7-14(17)20(15)24(2)23-19/h5-11H,4,12H2,1-3H3. The van der Waals surface area contributed by atoms with Crippen molar-refractivity contribution in [2.75, 3.05) is 18.6 Å². The van der Waals surface area contributed by atoms with Gasteiger partial charge in [0.1, 0.15) is 18.1 Å². The van der Waals surface area contributed by atoms with E-state index in [1.54, 1.807) is 34.9 Å². The fraction of sp³-hybridized carbons (Fsp3) is 0.238. The summed E-state index contributed by atoms with van der Waals surface area (Å²) >= 11 is 6.17. The van der Waals surface area contributed by atoms with Gasteiger partial charge >= 0.3 is 0 Å². The van der Waals surface area contributed by atoms with Crippen molar-refractivity contribution in [1.82, 2.24) is 9.78 Å². The first-order chi connectivity index (χ1) is 13.5. The number of carbonyl (C=O) groups is 1. The molecule has 0 aliphatic carbocycles. The summed E-state index contributed by atoms with van der Waals surface area (Å²) in [6.45, 7) is 2.64. The molecule has 144 valence electrons. The van der Waals surface area contributed by atoms with Crippen LogP contribution in [0.15, 0.2) is 42.5 Å². The smallest absolute Gasteiger partial charge is 0.279 e. The fourth-order valence-electron chi connectivity index (χ4n) is 3.58. The molecular formula is C21H20ClN3O3. The zero-order valence-corrected chi connectivity index (χ0v) is 16.7. The lowest BCUT2D eigenvalue weighted by atomic mass is 10.0. The Morgan fingerprint density at radius 1 is 1.32 bits per heavy atom. The van der Waals surface area contributed by atoms with E-state index in [0.29, 0.717) is 35.3 Å². The summed E-state index contributed by atoms with van der Waals surface area (Å²) in [6, 6.07) is 13.0. The topological polar surface area (TPSA) is 56.6 Å². The molecule has 0 saturated heterocycles. The average molecular weight is 398 g/mol. The van der Waals surface area contributed by atoms with Gasteiger partial charge in [0.15, 0.2) is 5.69 Å². The van der Waals surface area contributed by atoms with Crippen LogP contribution in [-0.2, 0) is 13.7 Å². The third-order valence-corrected chi connectivity index (χ3v) is 5.09. The molecule has 2 heterocycles. The van der Waals surface area contributed by atoms with E-state index in [9.17, 15) is 4.79 Å². The highest BCUT2D eigenvalue weighted by Gasteiger charge is 2.31. The lowest BCUT2D eigenvalue weighted by Gasteiger charge is -2.24. The van der Waals surface area contributed by atoms with E-state index in [4.69, 9.17) is 21.1 Å². The second kappa shape index (κ2) is 7.20. The maximum absolute atomic E-state index is 13.4. The number of methoxy groups -OCH3 is 1. The Hall–Kier alpha value is -2.99. The van der Waals surface area contributed by atoms with Gasteiger partial charge in [-0.2, -0.15) is 5.10 Å². The Balaban J connectivity index is 1.81. The molecule has 28 heavy (non-hydrogen) atoms. The van der Waals surface area contributed by atoms with Gasteiger partial charge in [-0.05, 0) is 37.3 Å². The Bertz CT molecular complexity index is 1060. The number of aryl methyl sites for hydroxylation is 1. The summed E-state index contributed by atoms with van der Waals surface area (Å²) in [4.78, 5) is 15.1. The van der Waals surface area contributed by atoms with E-state index < -0.39 is 0 Å². The van der Waals surface area contributed by atoms with Gasteiger partial charge in [0.05, 0.1) is 18.5 Å². The molecule has 1 amide bonds.